The van der Waals surface area contributed by atoms with Gasteiger partial charge in [0, 0.05) is 33.3 Å². The van der Waals surface area contributed by atoms with Gasteiger partial charge in [-0.2, -0.15) is 0 Å². The van der Waals surface area contributed by atoms with E-state index in [0.29, 0.717) is 44.6 Å². The minimum atomic E-state index is -0.560. The summed E-state index contributed by atoms with van der Waals surface area (Å²) in [6.07, 6.45) is 1.50. The van der Waals surface area contributed by atoms with Crippen molar-refractivity contribution < 1.29 is 28.6 Å². The molecule has 0 aliphatic rings. The largest absolute Gasteiger partial charge is 0.496 e. The van der Waals surface area contributed by atoms with Crippen LogP contribution in [0.25, 0.3) is 6.08 Å². The van der Waals surface area contributed by atoms with Crippen LogP contribution in [0.1, 0.15) is 26.3 Å². The van der Waals surface area contributed by atoms with Gasteiger partial charge in [0.25, 0.3) is 11.8 Å². The second kappa shape index (κ2) is 14.9. The molecule has 0 radical (unpaired) electrons. The fourth-order valence-electron chi connectivity index (χ4n) is 4.01. The first-order chi connectivity index (χ1) is 20.8. The molecular formula is C33H29ClN2O6S. The van der Waals surface area contributed by atoms with Crippen LogP contribution in [0.3, 0.4) is 0 Å². The summed E-state index contributed by atoms with van der Waals surface area (Å²) in [5.74, 6) is 0.382. The van der Waals surface area contributed by atoms with E-state index in [9.17, 15) is 14.4 Å². The standard InChI is InChI=1S/C33H29ClN2O6S/c1-40-29-19-31(42-3)30(41-2)18-22(29)17-27(36-32(38)21-9-5-4-6-10-21)33(39)35-23-13-15-24(16-14-23)43-20-28(37)25-11-7-8-12-26(25)34/h4-19H,20H2,1-3H3,(H,35,39)(H,36,38)/b27-17-. The number of thioether (sulfide) groups is 1. The maximum absolute atomic E-state index is 13.5. The van der Waals surface area contributed by atoms with Gasteiger partial charge >= 0.3 is 0 Å². The van der Waals surface area contributed by atoms with E-state index in [0.717, 1.165) is 4.90 Å². The van der Waals surface area contributed by atoms with E-state index in [1.54, 1.807) is 91.0 Å². The molecule has 0 aliphatic heterocycles. The molecule has 0 heterocycles. The van der Waals surface area contributed by atoms with Crippen molar-refractivity contribution in [3.05, 3.63) is 118 Å². The lowest BCUT2D eigenvalue weighted by atomic mass is 10.1. The van der Waals surface area contributed by atoms with Crippen LogP contribution in [0.15, 0.2) is 102 Å². The maximum Gasteiger partial charge on any atom is 0.272 e. The van der Waals surface area contributed by atoms with Gasteiger partial charge in [-0.15, -0.1) is 11.8 Å². The topological polar surface area (TPSA) is 103 Å². The van der Waals surface area contributed by atoms with Crippen molar-refractivity contribution in [2.45, 2.75) is 4.90 Å². The lowest BCUT2D eigenvalue weighted by Gasteiger charge is -2.15. The number of rotatable bonds is 12. The summed E-state index contributed by atoms with van der Waals surface area (Å²) in [4.78, 5) is 39.9. The Labute approximate surface area is 259 Å². The highest BCUT2D eigenvalue weighted by molar-refractivity contribution is 8.00. The molecule has 0 atom stereocenters. The predicted molar refractivity (Wildman–Crippen MR) is 170 cm³/mol. The third-order valence-electron chi connectivity index (χ3n) is 6.22. The lowest BCUT2D eigenvalue weighted by Crippen LogP contribution is -2.30. The van der Waals surface area contributed by atoms with Gasteiger partial charge in [-0.1, -0.05) is 41.9 Å². The lowest BCUT2D eigenvalue weighted by molar-refractivity contribution is -0.113. The van der Waals surface area contributed by atoms with Crippen molar-refractivity contribution in [2.24, 2.45) is 0 Å². The Morgan fingerprint density at radius 3 is 2.07 bits per heavy atom. The molecule has 0 aromatic heterocycles. The number of methoxy groups -OCH3 is 3. The highest BCUT2D eigenvalue weighted by Gasteiger charge is 2.18. The Morgan fingerprint density at radius 1 is 0.791 bits per heavy atom. The minimum absolute atomic E-state index is 0.0249. The van der Waals surface area contributed by atoms with E-state index in [4.69, 9.17) is 25.8 Å². The second-order valence-electron chi connectivity index (χ2n) is 9.00. The zero-order valence-corrected chi connectivity index (χ0v) is 25.3. The van der Waals surface area contributed by atoms with Gasteiger partial charge in [-0.05, 0) is 60.7 Å². The normalized spacial score (nSPS) is 10.9. The Hall–Kier alpha value is -4.73. The summed E-state index contributed by atoms with van der Waals surface area (Å²) < 4.78 is 16.3. The summed E-state index contributed by atoms with van der Waals surface area (Å²) in [5.41, 5.74) is 1.80. The number of carbonyl (C=O) groups is 3. The van der Waals surface area contributed by atoms with Crippen LogP contribution in [-0.2, 0) is 4.79 Å². The average molecular weight is 617 g/mol. The highest BCUT2D eigenvalue weighted by atomic mass is 35.5. The first kappa shape index (κ1) is 31.2. The van der Waals surface area contributed by atoms with E-state index >= 15 is 0 Å². The van der Waals surface area contributed by atoms with Crippen LogP contribution < -0.4 is 24.8 Å². The SMILES string of the molecule is COc1cc(OC)c(OC)cc1/C=C(\NC(=O)c1ccccc1)C(=O)Nc1ccc(SCC(=O)c2ccccc2Cl)cc1. The number of amides is 2. The van der Waals surface area contributed by atoms with Crippen LogP contribution in [0.4, 0.5) is 5.69 Å². The number of ketones is 1. The molecule has 2 N–H and O–H groups in total. The van der Waals surface area contributed by atoms with Gasteiger partial charge in [0.1, 0.15) is 11.4 Å². The Balaban J connectivity index is 1.55. The maximum atomic E-state index is 13.5. The van der Waals surface area contributed by atoms with E-state index in [-0.39, 0.29) is 17.2 Å². The third-order valence-corrected chi connectivity index (χ3v) is 7.56. The van der Waals surface area contributed by atoms with Gasteiger partial charge in [0.05, 0.1) is 32.1 Å². The molecule has 2 amide bonds. The number of nitrogens with one attached hydrogen (secondary N) is 2. The van der Waals surface area contributed by atoms with Gasteiger partial charge in [0.2, 0.25) is 0 Å². The Bertz CT molecular complexity index is 1640. The molecule has 0 unspecified atom stereocenters. The number of carbonyl (C=O) groups excluding carboxylic acids is 3. The molecule has 0 spiro atoms. The van der Waals surface area contributed by atoms with Crippen molar-refractivity contribution in [3.63, 3.8) is 0 Å². The Kier molecular flexibility index (Phi) is 10.9. The smallest absolute Gasteiger partial charge is 0.272 e. The molecule has 220 valence electrons. The Morgan fingerprint density at radius 2 is 1.42 bits per heavy atom. The molecule has 4 aromatic rings. The second-order valence-corrected chi connectivity index (χ2v) is 10.5. The first-order valence-corrected chi connectivity index (χ1v) is 14.4. The van der Waals surface area contributed by atoms with Crippen molar-refractivity contribution in [1.82, 2.24) is 5.32 Å². The van der Waals surface area contributed by atoms with Crippen LogP contribution in [0.5, 0.6) is 17.2 Å². The number of hydrogen-bond acceptors (Lipinski definition) is 7. The van der Waals surface area contributed by atoms with Crippen LogP contribution in [0.2, 0.25) is 5.02 Å². The van der Waals surface area contributed by atoms with E-state index in [2.05, 4.69) is 10.6 Å². The third kappa shape index (κ3) is 8.18. The average Bonchev–Trinajstić information content (AvgIpc) is 3.04. The molecule has 4 rings (SSSR count). The molecule has 0 fully saturated rings. The van der Waals surface area contributed by atoms with Gasteiger partial charge in [-0.25, -0.2) is 0 Å². The number of Topliss-reactive ketones (excluding diaryl/α,β-unsaturated/α-hetero) is 1. The van der Waals surface area contributed by atoms with E-state index in [1.165, 1.54) is 39.2 Å². The summed E-state index contributed by atoms with van der Waals surface area (Å²) in [7, 11) is 4.49. The molecule has 10 heteroatoms. The quantitative estimate of drug-likeness (QED) is 0.103. The minimum Gasteiger partial charge on any atom is -0.496 e. The van der Waals surface area contributed by atoms with Crippen molar-refractivity contribution in [2.75, 3.05) is 32.4 Å². The van der Waals surface area contributed by atoms with Crippen LogP contribution >= 0.6 is 23.4 Å². The number of ether oxygens (including phenoxy) is 3. The number of halogens is 1. The number of anilines is 1. The van der Waals surface area contributed by atoms with Crippen LogP contribution in [-0.4, -0.2) is 44.7 Å². The fraction of sp³-hybridized carbons (Fsp3) is 0.121. The molecule has 4 aromatic carbocycles. The van der Waals surface area contributed by atoms with Crippen molar-refractivity contribution in [3.8, 4) is 17.2 Å². The van der Waals surface area contributed by atoms with Gasteiger partial charge < -0.3 is 24.8 Å². The molecular weight excluding hydrogens is 588 g/mol. The summed E-state index contributed by atoms with van der Waals surface area (Å²) in [5, 5.41) is 5.95. The molecule has 0 bridgehead atoms. The first-order valence-electron chi connectivity index (χ1n) is 13.0. The zero-order chi connectivity index (χ0) is 30.8. The molecule has 0 saturated heterocycles. The molecule has 0 aliphatic carbocycles. The summed E-state index contributed by atoms with van der Waals surface area (Å²) in [6.45, 7) is 0. The number of hydrogen-bond donors (Lipinski definition) is 2. The predicted octanol–water partition coefficient (Wildman–Crippen LogP) is 6.75. The molecule has 43 heavy (non-hydrogen) atoms. The molecule has 8 nitrogen and oxygen atoms in total. The zero-order valence-electron chi connectivity index (χ0n) is 23.7. The van der Waals surface area contributed by atoms with Crippen LogP contribution in [0, 0.1) is 0 Å². The highest BCUT2D eigenvalue weighted by Crippen LogP contribution is 2.35. The summed E-state index contributed by atoms with van der Waals surface area (Å²) >= 11 is 7.50. The van der Waals surface area contributed by atoms with Crippen molar-refractivity contribution >= 4 is 52.7 Å². The fourth-order valence-corrected chi connectivity index (χ4v) is 5.03. The molecule has 0 saturated carbocycles. The van der Waals surface area contributed by atoms with Crippen molar-refractivity contribution in [1.29, 1.82) is 0 Å². The van der Waals surface area contributed by atoms with Gasteiger partial charge in [0.15, 0.2) is 17.3 Å². The van der Waals surface area contributed by atoms with Gasteiger partial charge in [-0.3, -0.25) is 14.4 Å². The summed E-state index contributed by atoms with van der Waals surface area (Å²) in [6, 6.07) is 25.8. The van der Waals surface area contributed by atoms with E-state index in [1.807, 2.05) is 0 Å². The monoisotopic (exact) mass is 616 g/mol. The number of benzene rings is 4. The van der Waals surface area contributed by atoms with E-state index < -0.39 is 11.8 Å².